The minimum atomic E-state index is -2.90. The third-order valence-electron chi connectivity index (χ3n) is 5.15. The van der Waals surface area contributed by atoms with Crippen molar-refractivity contribution in [3.05, 3.63) is 52.3 Å². The van der Waals surface area contributed by atoms with Gasteiger partial charge in [-0.05, 0) is 69.9 Å². The molecule has 6 heteroatoms. The molecule has 0 spiro atoms. The van der Waals surface area contributed by atoms with Crippen molar-refractivity contribution in [3.63, 3.8) is 0 Å². The van der Waals surface area contributed by atoms with Gasteiger partial charge >= 0.3 is 0 Å². The van der Waals surface area contributed by atoms with Crippen LogP contribution in [-0.4, -0.2) is 29.0 Å². The number of rotatable bonds is 5. The third-order valence-corrected chi connectivity index (χ3v) is 8.15. The Morgan fingerprint density at radius 1 is 1.26 bits per heavy atom. The number of aryl methyl sites for hydroxylation is 4. The molecule has 0 amide bonds. The lowest BCUT2D eigenvalue weighted by molar-refractivity contribution is 0.239. The monoisotopic (exact) mass is 389 g/mol. The van der Waals surface area contributed by atoms with Crippen LogP contribution in [0.5, 0.6) is 11.5 Å². The van der Waals surface area contributed by atoms with Crippen molar-refractivity contribution in [2.24, 2.45) is 0 Å². The van der Waals surface area contributed by atoms with Gasteiger partial charge in [0, 0.05) is 11.9 Å². The second kappa shape index (κ2) is 7.65. The summed E-state index contributed by atoms with van der Waals surface area (Å²) < 4.78 is 25.6. The molecule has 1 aromatic carbocycles. The lowest BCUT2D eigenvalue weighted by Crippen LogP contribution is -2.14. The van der Waals surface area contributed by atoms with E-state index in [9.17, 15) is 9.67 Å². The highest BCUT2D eigenvalue weighted by Crippen LogP contribution is 2.65. The van der Waals surface area contributed by atoms with Crippen LogP contribution in [0.15, 0.2) is 24.3 Å². The van der Waals surface area contributed by atoms with Gasteiger partial charge in [0.2, 0.25) is 7.37 Å². The summed E-state index contributed by atoms with van der Waals surface area (Å²) in [6.07, 6.45) is 1.32. The van der Waals surface area contributed by atoms with Crippen LogP contribution in [0.4, 0.5) is 0 Å². The van der Waals surface area contributed by atoms with E-state index in [2.05, 4.69) is 4.98 Å². The highest BCUT2D eigenvalue weighted by atomic mass is 31.2. The first-order valence-corrected chi connectivity index (χ1v) is 11.2. The second-order valence-electron chi connectivity index (χ2n) is 7.52. The smallest absolute Gasteiger partial charge is 0.214 e. The van der Waals surface area contributed by atoms with Gasteiger partial charge in [0.25, 0.3) is 0 Å². The molecule has 3 rings (SSSR count). The Hall–Kier alpha value is -1.84. The van der Waals surface area contributed by atoms with Crippen LogP contribution in [0.2, 0.25) is 0 Å². The molecule has 5 nitrogen and oxygen atoms in total. The molecule has 0 bridgehead atoms. The van der Waals surface area contributed by atoms with E-state index in [1.807, 2.05) is 58.9 Å². The molecule has 1 aliphatic heterocycles. The molecule has 0 aliphatic carbocycles. The number of phenols is 1. The molecular weight excluding hydrogens is 361 g/mol. The Labute approximate surface area is 161 Å². The molecule has 1 fully saturated rings. The van der Waals surface area contributed by atoms with E-state index >= 15 is 0 Å². The fraction of sp³-hybridized carbons (Fsp3) is 0.476. The predicted octanol–water partition coefficient (Wildman–Crippen LogP) is 5.23. The Bertz CT molecular complexity index is 873. The summed E-state index contributed by atoms with van der Waals surface area (Å²) in [5.74, 6) is 0.965. The second-order valence-corrected chi connectivity index (χ2v) is 10.3. The zero-order valence-electron chi connectivity index (χ0n) is 16.7. The number of nitrogens with zero attached hydrogens (tertiary/aromatic N) is 1. The van der Waals surface area contributed by atoms with Gasteiger partial charge in [0.15, 0.2) is 0 Å². The number of hydrogen-bond acceptors (Lipinski definition) is 5. The van der Waals surface area contributed by atoms with Crippen molar-refractivity contribution >= 4 is 7.37 Å². The largest absolute Gasteiger partial charge is 0.507 e. The van der Waals surface area contributed by atoms with Gasteiger partial charge in [0.1, 0.15) is 18.1 Å². The molecule has 3 atom stereocenters. The number of ether oxygens (including phenoxy) is 1. The number of phenolic OH excluding ortho intramolecular Hbond substituents is 1. The molecule has 2 heterocycles. The van der Waals surface area contributed by atoms with E-state index in [-0.39, 0.29) is 24.1 Å². The standard InChI is InChI=1S/C21H28NO4P/c1-13-10-18(11-14(2)21(13)23)20(27(24)9-8-16(4)26-27)12-25-19-7-6-15(3)22-17(19)5/h6-7,10-11,16,20,23H,8-9,12H2,1-5H3/t16-,20?,27?/m1/s1. The third kappa shape index (κ3) is 4.20. The Balaban J connectivity index is 1.94. The molecule has 27 heavy (non-hydrogen) atoms. The maximum Gasteiger partial charge on any atom is 0.214 e. The summed E-state index contributed by atoms with van der Waals surface area (Å²) in [7, 11) is -2.90. The fourth-order valence-corrected chi connectivity index (χ4v) is 6.52. The molecule has 0 radical (unpaired) electrons. The number of pyridine rings is 1. The first-order valence-electron chi connectivity index (χ1n) is 9.34. The number of hydrogen-bond donors (Lipinski definition) is 1. The summed E-state index contributed by atoms with van der Waals surface area (Å²) in [5, 5.41) is 10.1. The molecule has 1 N–H and O–H groups in total. The van der Waals surface area contributed by atoms with Gasteiger partial charge in [-0.1, -0.05) is 12.1 Å². The van der Waals surface area contributed by atoms with Gasteiger partial charge < -0.3 is 14.4 Å². The van der Waals surface area contributed by atoms with Gasteiger partial charge in [-0.15, -0.1) is 0 Å². The van der Waals surface area contributed by atoms with Gasteiger partial charge in [-0.25, -0.2) is 0 Å². The maximum atomic E-state index is 13.6. The van der Waals surface area contributed by atoms with E-state index in [1.54, 1.807) is 0 Å². The molecule has 2 unspecified atom stereocenters. The Kier molecular flexibility index (Phi) is 5.64. The van der Waals surface area contributed by atoms with Crippen LogP contribution in [-0.2, 0) is 9.09 Å². The van der Waals surface area contributed by atoms with Crippen molar-refractivity contribution in [1.29, 1.82) is 0 Å². The number of aromatic hydroxyl groups is 1. The van der Waals surface area contributed by atoms with Crippen molar-refractivity contribution in [3.8, 4) is 11.5 Å². The van der Waals surface area contributed by atoms with Gasteiger partial charge in [-0.3, -0.25) is 9.55 Å². The molecule has 1 saturated heterocycles. The first-order chi connectivity index (χ1) is 12.7. The number of aromatic nitrogens is 1. The number of benzene rings is 1. The predicted molar refractivity (Wildman–Crippen MR) is 107 cm³/mol. The minimum Gasteiger partial charge on any atom is -0.507 e. The summed E-state index contributed by atoms with van der Waals surface area (Å²) in [6, 6.07) is 7.59. The van der Waals surface area contributed by atoms with Gasteiger partial charge in [-0.2, -0.15) is 0 Å². The molecule has 0 saturated carbocycles. The molecule has 146 valence electrons. The van der Waals surface area contributed by atoms with Crippen LogP contribution in [0, 0.1) is 27.7 Å². The average molecular weight is 389 g/mol. The quantitative estimate of drug-likeness (QED) is 0.710. The summed E-state index contributed by atoms with van der Waals surface area (Å²) in [4.78, 5) is 4.43. The van der Waals surface area contributed by atoms with Crippen LogP contribution < -0.4 is 4.74 Å². The summed E-state index contributed by atoms with van der Waals surface area (Å²) >= 11 is 0. The van der Waals surface area contributed by atoms with E-state index in [4.69, 9.17) is 9.26 Å². The summed E-state index contributed by atoms with van der Waals surface area (Å²) in [5.41, 5.74) is 3.79. The normalized spacial score (nSPS) is 23.4. The molecule has 2 aromatic rings. The zero-order chi connectivity index (χ0) is 19.8. The van der Waals surface area contributed by atoms with Gasteiger partial charge in [0.05, 0.1) is 17.5 Å². The maximum absolute atomic E-state index is 13.6. The van der Waals surface area contributed by atoms with E-state index in [1.165, 1.54) is 0 Å². The SMILES string of the molecule is Cc1ccc(OCC(c2cc(C)c(O)c(C)c2)P2(=O)CC[C@@H](C)O2)c(C)n1. The van der Waals surface area contributed by atoms with Crippen LogP contribution >= 0.6 is 7.37 Å². The first kappa shape index (κ1) is 19.9. The van der Waals surface area contributed by atoms with Crippen LogP contribution in [0.1, 0.15) is 47.1 Å². The van der Waals surface area contributed by atoms with Crippen molar-refractivity contribution in [2.75, 3.05) is 12.8 Å². The van der Waals surface area contributed by atoms with Crippen molar-refractivity contribution in [2.45, 2.75) is 52.8 Å². The van der Waals surface area contributed by atoms with E-state index in [0.717, 1.165) is 34.5 Å². The highest BCUT2D eigenvalue weighted by Gasteiger charge is 2.42. The highest BCUT2D eigenvalue weighted by molar-refractivity contribution is 7.59. The average Bonchev–Trinajstić information content (AvgIpc) is 2.94. The lowest BCUT2D eigenvalue weighted by atomic mass is 10.0. The zero-order valence-corrected chi connectivity index (χ0v) is 17.5. The Morgan fingerprint density at radius 3 is 2.48 bits per heavy atom. The van der Waals surface area contributed by atoms with E-state index in [0.29, 0.717) is 11.9 Å². The van der Waals surface area contributed by atoms with Crippen LogP contribution in [0.3, 0.4) is 0 Å². The Morgan fingerprint density at radius 2 is 1.93 bits per heavy atom. The topological polar surface area (TPSA) is 68.7 Å². The summed E-state index contributed by atoms with van der Waals surface area (Å²) in [6.45, 7) is 9.76. The molecule has 1 aromatic heterocycles. The van der Waals surface area contributed by atoms with Crippen molar-refractivity contribution in [1.82, 2.24) is 4.98 Å². The van der Waals surface area contributed by atoms with Crippen molar-refractivity contribution < 1.29 is 18.9 Å². The molecule has 1 aliphatic rings. The fourth-order valence-electron chi connectivity index (χ4n) is 3.61. The van der Waals surface area contributed by atoms with E-state index < -0.39 is 7.37 Å². The minimum absolute atomic E-state index is 0.0135. The molecular formula is C21H28NO4P. The lowest BCUT2D eigenvalue weighted by Gasteiger charge is -2.26. The van der Waals surface area contributed by atoms with Crippen LogP contribution in [0.25, 0.3) is 0 Å².